The third-order valence-corrected chi connectivity index (χ3v) is 5.11. The lowest BCUT2D eigenvalue weighted by Gasteiger charge is -2.08. The molecule has 0 heterocycles. The van der Waals surface area contributed by atoms with Gasteiger partial charge in [0.05, 0.1) is 24.3 Å². The molecule has 2 aromatic carbocycles. The first kappa shape index (κ1) is 23.7. The van der Waals surface area contributed by atoms with Gasteiger partial charge in [0.25, 0.3) is 0 Å². The van der Waals surface area contributed by atoms with E-state index in [4.69, 9.17) is 4.74 Å². The molecule has 0 N–H and O–H groups in total. The molecule has 2 aromatic rings. The lowest BCUT2D eigenvalue weighted by molar-refractivity contribution is -0.138. The van der Waals surface area contributed by atoms with Crippen LogP contribution in [-0.2, 0) is 17.1 Å². The minimum absolute atomic E-state index is 0.122. The largest absolute Gasteiger partial charge is 0.416 e. The minimum Gasteiger partial charge on any atom is -0.373 e. The summed E-state index contributed by atoms with van der Waals surface area (Å²) in [5, 5.41) is 0. The van der Waals surface area contributed by atoms with E-state index in [1.165, 1.54) is 24.3 Å². The molecule has 0 aliphatic rings. The van der Waals surface area contributed by atoms with Crippen LogP contribution in [0, 0.1) is 0 Å². The quantitative estimate of drug-likeness (QED) is 0.265. The van der Waals surface area contributed by atoms with Crippen molar-refractivity contribution in [1.29, 1.82) is 0 Å². The zero-order valence-electron chi connectivity index (χ0n) is 14.6. The minimum atomic E-state index is -4.43. The van der Waals surface area contributed by atoms with Crippen LogP contribution in [0.5, 0.6) is 0 Å². The maximum Gasteiger partial charge on any atom is 0.416 e. The van der Waals surface area contributed by atoms with Gasteiger partial charge in [0, 0.05) is 8.95 Å². The molecular formula is C20H14Br2F6O. The van der Waals surface area contributed by atoms with E-state index >= 15 is 0 Å². The highest BCUT2D eigenvalue weighted by atomic mass is 79.9. The Kier molecular flexibility index (Phi) is 8.13. The van der Waals surface area contributed by atoms with Crippen molar-refractivity contribution in [2.75, 3.05) is 13.2 Å². The fraction of sp³-hybridized carbons (Fsp3) is 0.200. The molecule has 156 valence electrons. The number of halogens is 8. The van der Waals surface area contributed by atoms with Crippen LogP contribution in [0.4, 0.5) is 26.3 Å². The average Bonchev–Trinajstić information content (AvgIpc) is 2.61. The first-order valence-corrected chi connectivity index (χ1v) is 9.71. The highest BCUT2D eigenvalue weighted by molar-refractivity contribution is 9.10. The third-order valence-electron chi connectivity index (χ3n) is 3.67. The van der Waals surface area contributed by atoms with Gasteiger partial charge in [0.2, 0.25) is 0 Å². The number of benzene rings is 2. The molecule has 0 aliphatic carbocycles. The third kappa shape index (κ3) is 7.31. The molecule has 0 saturated carbocycles. The van der Waals surface area contributed by atoms with Crippen molar-refractivity contribution in [3.8, 4) is 0 Å². The number of hydrogen-bond acceptors (Lipinski definition) is 1. The number of ether oxygens (including phenoxy) is 1. The number of alkyl halides is 6. The van der Waals surface area contributed by atoms with Crippen LogP contribution in [0.2, 0.25) is 0 Å². The second-order valence-electron chi connectivity index (χ2n) is 5.81. The van der Waals surface area contributed by atoms with E-state index in [-0.39, 0.29) is 13.2 Å². The van der Waals surface area contributed by atoms with Crippen LogP contribution < -0.4 is 0 Å². The smallest absolute Gasteiger partial charge is 0.373 e. The van der Waals surface area contributed by atoms with Crippen molar-refractivity contribution in [3.05, 3.63) is 79.7 Å². The first-order chi connectivity index (χ1) is 13.5. The molecule has 9 heteroatoms. The molecule has 0 amide bonds. The summed E-state index contributed by atoms with van der Waals surface area (Å²) < 4.78 is 82.8. The standard InChI is InChI=1S/C20H14Br2F6O/c21-17-7-5-15(19(23,24)25)11-13(17)3-1-9-29-10-2-4-14-12-16(20(26,27)28)6-8-18(14)22/h1-8,11-12H,9-10H2. The van der Waals surface area contributed by atoms with E-state index in [0.717, 1.165) is 24.3 Å². The highest BCUT2D eigenvalue weighted by Gasteiger charge is 2.31. The average molecular weight is 544 g/mol. The van der Waals surface area contributed by atoms with Gasteiger partial charge in [0.15, 0.2) is 0 Å². The van der Waals surface area contributed by atoms with Gasteiger partial charge >= 0.3 is 12.4 Å². The van der Waals surface area contributed by atoms with Crippen molar-refractivity contribution in [3.63, 3.8) is 0 Å². The molecular weight excluding hydrogens is 530 g/mol. The zero-order valence-corrected chi connectivity index (χ0v) is 17.8. The predicted octanol–water partition coefficient (Wildman–Crippen LogP) is 7.99. The van der Waals surface area contributed by atoms with Crippen molar-refractivity contribution >= 4 is 44.0 Å². The fourth-order valence-corrected chi connectivity index (χ4v) is 3.01. The van der Waals surface area contributed by atoms with Gasteiger partial charge in [-0.1, -0.05) is 56.2 Å². The van der Waals surface area contributed by atoms with Gasteiger partial charge in [-0.2, -0.15) is 26.3 Å². The molecule has 29 heavy (non-hydrogen) atoms. The van der Waals surface area contributed by atoms with Gasteiger partial charge in [0.1, 0.15) is 0 Å². The van der Waals surface area contributed by atoms with Crippen molar-refractivity contribution in [2.24, 2.45) is 0 Å². The lowest BCUT2D eigenvalue weighted by Crippen LogP contribution is -2.04. The van der Waals surface area contributed by atoms with E-state index in [1.54, 1.807) is 12.2 Å². The summed E-state index contributed by atoms with van der Waals surface area (Å²) in [6.45, 7) is 0.244. The molecule has 0 radical (unpaired) electrons. The maximum absolute atomic E-state index is 12.7. The Morgan fingerprint density at radius 2 is 1.07 bits per heavy atom. The summed E-state index contributed by atoms with van der Waals surface area (Å²) in [6.07, 6.45) is -2.77. The van der Waals surface area contributed by atoms with Gasteiger partial charge < -0.3 is 4.74 Å². The Morgan fingerprint density at radius 1 is 0.690 bits per heavy atom. The van der Waals surface area contributed by atoms with Gasteiger partial charge in [-0.05, 0) is 47.5 Å². The van der Waals surface area contributed by atoms with E-state index in [0.29, 0.717) is 20.1 Å². The molecule has 0 aliphatic heterocycles. The van der Waals surface area contributed by atoms with E-state index in [9.17, 15) is 26.3 Å². The van der Waals surface area contributed by atoms with Crippen molar-refractivity contribution in [1.82, 2.24) is 0 Å². The van der Waals surface area contributed by atoms with Crippen molar-refractivity contribution < 1.29 is 31.1 Å². The molecule has 0 aromatic heterocycles. The Labute approximate surface area is 180 Å². The topological polar surface area (TPSA) is 9.23 Å². The van der Waals surface area contributed by atoms with Crippen LogP contribution in [0.1, 0.15) is 22.3 Å². The van der Waals surface area contributed by atoms with E-state index < -0.39 is 23.5 Å². The van der Waals surface area contributed by atoms with Gasteiger partial charge in [-0.3, -0.25) is 0 Å². The Morgan fingerprint density at radius 3 is 1.41 bits per heavy atom. The molecule has 1 nitrogen and oxygen atoms in total. The van der Waals surface area contributed by atoms with Crippen molar-refractivity contribution in [2.45, 2.75) is 12.4 Å². The molecule has 0 saturated heterocycles. The monoisotopic (exact) mass is 542 g/mol. The summed E-state index contributed by atoms with van der Waals surface area (Å²) in [5.74, 6) is 0. The predicted molar refractivity (Wildman–Crippen MR) is 107 cm³/mol. The Hall–Kier alpha value is -1.58. The molecule has 0 bridgehead atoms. The molecule has 0 unspecified atom stereocenters. The normalized spacial score (nSPS) is 13.0. The summed E-state index contributed by atoms with van der Waals surface area (Å²) in [4.78, 5) is 0. The van der Waals surface area contributed by atoms with Crippen LogP contribution >= 0.6 is 31.9 Å². The van der Waals surface area contributed by atoms with Gasteiger partial charge in [-0.25, -0.2) is 0 Å². The summed E-state index contributed by atoms with van der Waals surface area (Å²) in [5.41, 5.74) is -0.801. The molecule has 2 rings (SSSR count). The second kappa shape index (κ2) is 9.95. The molecule has 0 fully saturated rings. The lowest BCUT2D eigenvalue weighted by atomic mass is 10.1. The second-order valence-corrected chi connectivity index (χ2v) is 7.52. The summed E-state index contributed by atoms with van der Waals surface area (Å²) in [7, 11) is 0. The Balaban J connectivity index is 1.91. The highest BCUT2D eigenvalue weighted by Crippen LogP contribution is 2.33. The summed E-state index contributed by atoms with van der Waals surface area (Å²) >= 11 is 6.38. The zero-order chi connectivity index (χ0) is 21.7. The van der Waals surface area contributed by atoms with Crippen LogP contribution in [0.15, 0.2) is 57.5 Å². The summed E-state index contributed by atoms with van der Waals surface area (Å²) in [6, 6.07) is 6.64. The van der Waals surface area contributed by atoms with E-state index in [2.05, 4.69) is 31.9 Å². The maximum atomic E-state index is 12.7. The number of rotatable bonds is 6. The van der Waals surface area contributed by atoms with E-state index in [1.807, 2.05) is 0 Å². The van der Waals surface area contributed by atoms with Gasteiger partial charge in [-0.15, -0.1) is 0 Å². The molecule has 0 spiro atoms. The molecule has 0 atom stereocenters. The fourth-order valence-electron chi connectivity index (χ4n) is 2.25. The SMILES string of the molecule is FC(F)(F)c1ccc(Br)c(C=CCOCC=Cc2cc(C(F)(F)F)ccc2Br)c1. The number of hydrogen-bond donors (Lipinski definition) is 0. The van der Waals surface area contributed by atoms with Crippen LogP contribution in [-0.4, -0.2) is 13.2 Å². The van der Waals surface area contributed by atoms with Crippen LogP contribution in [0.25, 0.3) is 12.2 Å². The van der Waals surface area contributed by atoms with Crippen LogP contribution in [0.3, 0.4) is 0 Å². The first-order valence-electron chi connectivity index (χ1n) is 8.13. The Bertz CT molecular complexity index is 827.